The van der Waals surface area contributed by atoms with E-state index in [4.69, 9.17) is 5.73 Å². The maximum absolute atomic E-state index is 5.77. The predicted molar refractivity (Wildman–Crippen MR) is 83.8 cm³/mol. The van der Waals surface area contributed by atoms with Crippen LogP contribution in [-0.2, 0) is 18.5 Å². The molecule has 0 saturated carbocycles. The topological polar surface area (TPSA) is 43.8 Å². The molecule has 0 fully saturated rings. The smallest absolute Gasteiger partial charge is 0.0662 e. The predicted octanol–water partition coefficient (Wildman–Crippen LogP) is 3.30. The van der Waals surface area contributed by atoms with Crippen LogP contribution in [0.1, 0.15) is 48.8 Å². The minimum absolute atomic E-state index is 0.198. The molecule has 0 aliphatic heterocycles. The molecule has 0 saturated heterocycles. The third-order valence-corrected chi connectivity index (χ3v) is 3.89. The molecule has 20 heavy (non-hydrogen) atoms. The third kappa shape index (κ3) is 2.93. The highest BCUT2D eigenvalue weighted by molar-refractivity contribution is 5.29. The average molecular weight is 271 g/mol. The van der Waals surface area contributed by atoms with E-state index >= 15 is 0 Å². The fourth-order valence-electron chi connectivity index (χ4n) is 2.47. The average Bonchev–Trinajstić information content (AvgIpc) is 2.63. The normalized spacial score (nSPS) is 11.9. The Balaban J connectivity index is 2.23. The monoisotopic (exact) mass is 271 g/mol. The van der Waals surface area contributed by atoms with E-state index in [2.05, 4.69) is 57.1 Å². The summed E-state index contributed by atoms with van der Waals surface area (Å²) in [7, 11) is 0. The number of hydrogen-bond donors (Lipinski definition) is 1. The Labute approximate surface area is 121 Å². The number of aryl methyl sites for hydroxylation is 1. The summed E-state index contributed by atoms with van der Waals surface area (Å²) >= 11 is 0. The van der Waals surface area contributed by atoms with Crippen molar-refractivity contribution in [3.05, 3.63) is 52.3 Å². The molecule has 0 radical (unpaired) electrons. The van der Waals surface area contributed by atoms with E-state index in [-0.39, 0.29) is 5.41 Å². The van der Waals surface area contributed by atoms with Gasteiger partial charge in [0.05, 0.1) is 12.2 Å². The van der Waals surface area contributed by atoms with E-state index in [9.17, 15) is 0 Å². The Morgan fingerprint density at radius 3 is 2.15 bits per heavy atom. The second-order valence-corrected chi connectivity index (χ2v) is 6.46. The summed E-state index contributed by atoms with van der Waals surface area (Å²) in [4.78, 5) is 0. The lowest BCUT2D eigenvalue weighted by Gasteiger charge is -2.19. The molecule has 2 N–H and O–H groups in total. The summed E-state index contributed by atoms with van der Waals surface area (Å²) in [6.07, 6.45) is 0. The van der Waals surface area contributed by atoms with Crippen molar-refractivity contribution in [2.24, 2.45) is 5.73 Å². The summed E-state index contributed by atoms with van der Waals surface area (Å²) in [6.45, 7) is 12.2. The first-order chi connectivity index (χ1) is 9.32. The molecule has 0 amide bonds. The van der Waals surface area contributed by atoms with Gasteiger partial charge in [-0.3, -0.25) is 4.68 Å². The zero-order valence-corrected chi connectivity index (χ0v) is 13.2. The SMILES string of the molecule is Cc1nn(Cc2ccc(C(C)(C)C)cc2)c(C)c1CN. The van der Waals surface area contributed by atoms with Crippen molar-refractivity contribution in [2.45, 2.75) is 53.1 Å². The number of benzene rings is 1. The fraction of sp³-hybridized carbons (Fsp3) is 0.471. The van der Waals surface area contributed by atoms with Gasteiger partial charge in [0.1, 0.15) is 0 Å². The number of nitrogens with two attached hydrogens (primary N) is 1. The summed E-state index contributed by atoms with van der Waals surface area (Å²) < 4.78 is 2.05. The highest BCUT2D eigenvalue weighted by atomic mass is 15.3. The van der Waals surface area contributed by atoms with Crippen molar-refractivity contribution in [1.29, 1.82) is 0 Å². The summed E-state index contributed by atoms with van der Waals surface area (Å²) in [5.74, 6) is 0. The summed E-state index contributed by atoms with van der Waals surface area (Å²) in [6, 6.07) is 8.81. The molecule has 0 aliphatic rings. The fourth-order valence-corrected chi connectivity index (χ4v) is 2.47. The lowest BCUT2D eigenvalue weighted by Crippen LogP contribution is -2.11. The van der Waals surface area contributed by atoms with Crippen LogP contribution in [0.5, 0.6) is 0 Å². The van der Waals surface area contributed by atoms with Crippen LogP contribution in [0.15, 0.2) is 24.3 Å². The van der Waals surface area contributed by atoms with E-state index in [0.717, 1.165) is 17.8 Å². The van der Waals surface area contributed by atoms with Gasteiger partial charge >= 0.3 is 0 Å². The highest BCUT2D eigenvalue weighted by Crippen LogP contribution is 2.22. The van der Waals surface area contributed by atoms with Gasteiger partial charge in [-0.25, -0.2) is 0 Å². The molecule has 3 heteroatoms. The molecule has 0 aliphatic carbocycles. The molecule has 0 atom stereocenters. The van der Waals surface area contributed by atoms with Crippen LogP contribution in [0.3, 0.4) is 0 Å². The van der Waals surface area contributed by atoms with Crippen LogP contribution < -0.4 is 5.73 Å². The Morgan fingerprint density at radius 1 is 1.10 bits per heavy atom. The lowest BCUT2D eigenvalue weighted by atomic mass is 9.87. The molecule has 2 aromatic rings. The number of hydrogen-bond acceptors (Lipinski definition) is 2. The van der Waals surface area contributed by atoms with Crippen molar-refractivity contribution in [2.75, 3.05) is 0 Å². The summed E-state index contributed by atoms with van der Waals surface area (Å²) in [5.41, 5.74) is 12.0. The third-order valence-electron chi connectivity index (χ3n) is 3.89. The van der Waals surface area contributed by atoms with E-state index in [1.807, 2.05) is 11.6 Å². The molecule has 0 unspecified atom stereocenters. The molecule has 1 aromatic heterocycles. The molecule has 1 aromatic carbocycles. The van der Waals surface area contributed by atoms with Crippen molar-refractivity contribution >= 4 is 0 Å². The van der Waals surface area contributed by atoms with E-state index in [0.29, 0.717) is 6.54 Å². The lowest BCUT2D eigenvalue weighted by molar-refractivity contribution is 0.589. The molecule has 0 spiro atoms. The first-order valence-electron chi connectivity index (χ1n) is 7.15. The van der Waals surface area contributed by atoms with E-state index in [1.165, 1.54) is 16.8 Å². The highest BCUT2D eigenvalue weighted by Gasteiger charge is 2.14. The van der Waals surface area contributed by atoms with Crippen LogP contribution in [0.2, 0.25) is 0 Å². The Kier molecular flexibility index (Phi) is 4.00. The van der Waals surface area contributed by atoms with Gasteiger partial charge in [-0.2, -0.15) is 5.10 Å². The van der Waals surface area contributed by atoms with Gasteiger partial charge in [0.15, 0.2) is 0 Å². The van der Waals surface area contributed by atoms with Gasteiger partial charge in [-0.1, -0.05) is 45.0 Å². The molecule has 0 bridgehead atoms. The van der Waals surface area contributed by atoms with Gasteiger partial charge in [0.25, 0.3) is 0 Å². The van der Waals surface area contributed by atoms with Crippen LogP contribution >= 0.6 is 0 Å². The molecule has 108 valence electrons. The van der Waals surface area contributed by atoms with E-state index < -0.39 is 0 Å². The largest absolute Gasteiger partial charge is 0.326 e. The summed E-state index contributed by atoms with van der Waals surface area (Å²) in [5, 5.41) is 4.58. The van der Waals surface area contributed by atoms with Gasteiger partial charge in [0, 0.05) is 17.8 Å². The Morgan fingerprint density at radius 2 is 1.70 bits per heavy atom. The van der Waals surface area contributed by atoms with Crippen molar-refractivity contribution < 1.29 is 0 Å². The molecular weight excluding hydrogens is 246 g/mol. The zero-order valence-electron chi connectivity index (χ0n) is 13.2. The van der Waals surface area contributed by atoms with Crippen molar-refractivity contribution in [3.8, 4) is 0 Å². The quantitative estimate of drug-likeness (QED) is 0.930. The standard InChI is InChI=1S/C17H25N3/c1-12-16(10-18)13(2)20(19-12)11-14-6-8-15(9-7-14)17(3,4)5/h6-9H,10-11,18H2,1-5H3. The van der Waals surface area contributed by atoms with Crippen LogP contribution in [0, 0.1) is 13.8 Å². The van der Waals surface area contributed by atoms with Gasteiger partial charge in [0.2, 0.25) is 0 Å². The second-order valence-electron chi connectivity index (χ2n) is 6.46. The first kappa shape index (κ1) is 14.8. The maximum Gasteiger partial charge on any atom is 0.0662 e. The minimum atomic E-state index is 0.198. The molecule has 2 rings (SSSR count). The van der Waals surface area contributed by atoms with Gasteiger partial charge < -0.3 is 5.73 Å². The number of aromatic nitrogens is 2. The Bertz CT molecular complexity index is 586. The van der Waals surface area contributed by atoms with Crippen LogP contribution in [0.25, 0.3) is 0 Å². The number of rotatable bonds is 3. The van der Waals surface area contributed by atoms with Gasteiger partial charge in [-0.05, 0) is 30.4 Å². The van der Waals surface area contributed by atoms with Crippen molar-refractivity contribution in [3.63, 3.8) is 0 Å². The van der Waals surface area contributed by atoms with Gasteiger partial charge in [-0.15, -0.1) is 0 Å². The molecule has 1 heterocycles. The second kappa shape index (κ2) is 5.41. The van der Waals surface area contributed by atoms with Crippen molar-refractivity contribution in [1.82, 2.24) is 9.78 Å². The zero-order chi connectivity index (χ0) is 14.9. The Hall–Kier alpha value is -1.61. The van der Waals surface area contributed by atoms with Crippen LogP contribution in [0.4, 0.5) is 0 Å². The minimum Gasteiger partial charge on any atom is -0.326 e. The van der Waals surface area contributed by atoms with Crippen LogP contribution in [-0.4, -0.2) is 9.78 Å². The number of nitrogens with zero attached hydrogens (tertiary/aromatic N) is 2. The molecular formula is C17H25N3. The van der Waals surface area contributed by atoms with E-state index in [1.54, 1.807) is 0 Å². The molecule has 3 nitrogen and oxygen atoms in total. The first-order valence-corrected chi connectivity index (χ1v) is 7.15. The maximum atomic E-state index is 5.77.